The number of nitrogens with two attached hydrogens (primary N) is 1. The summed E-state index contributed by atoms with van der Waals surface area (Å²) in [4.78, 5) is 35.3. The summed E-state index contributed by atoms with van der Waals surface area (Å²) in [5, 5.41) is 53.8. The zero-order valence-corrected chi connectivity index (χ0v) is 17.6. The van der Waals surface area contributed by atoms with E-state index in [9.17, 15) is 34.8 Å². The summed E-state index contributed by atoms with van der Waals surface area (Å²) in [6.07, 6.45) is -6.28. The third-order valence-electron chi connectivity index (χ3n) is 4.98. The number of unbranched alkanes of at least 4 members (excludes halogenated alkanes) is 1. The first-order valence-corrected chi connectivity index (χ1v) is 9.92. The summed E-state index contributed by atoms with van der Waals surface area (Å²) in [6.45, 7) is 0.906. The lowest BCUT2D eigenvalue weighted by molar-refractivity contribution is -0.348. The largest absolute Gasteiger partial charge is 0.467 e. The molecule has 1 aliphatic heterocycles. The van der Waals surface area contributed by atoms with Gasteiger partial charge in [0.25, 0.3) is 0 Å². The predicted octanol–water partition coefficient (Wildman–Crippen LogP) is -4.17. The van der Waals surface area contributed by atoms with Crippen molar-refractivity contribution in [1.82, 2.24) is 10.6 Å². The Morgan fingerprint density at radius 2 is 1.84 bits per heavy atom. The minimum absolute atomic E-state index is 0.173. The zero-order chi connectivity index (χ0) is 23.8. The fourth-order valence-corrected chi connectivity index (χ4v) is 3.06. The fourth-order valence-electron chi connectivity index (χ4n) is 3.06. The van der Waals surface area contributed by atoms with E-state index in [4.69, 9.17) is 15.6 Å². The zero-order valence-electron chi connectivity index (χ0n) is 17.6. The molecule has 0 saturated carbocycles. The Balaban J connectivity index is 2.36. The molecule has 9 N–H and O–H groups in total. The molecule has 0 aromatic heterocycles. The maximum absolute atomic E-state index is 12.1. The molecule has 1 unspecified atom stereocenters. The number of aliphatic hydroxyl groups is 5. The van der Waals surface area contributed by atoms with Gasteiger partial charge in [0, 0.05) is 6.54 Å². The molecule has 1 fully saturated rings. The van der Waals surface area contributed by atoms with Gasteiger partial charge in [0.15, 0.2) is 0 Å². The molecule has 7 atom stereocenters. The maximum atomic E-state index is 12.1. The molecule has 1 heterocycles. The second kappa shape index (κ2) is 12.2. The van der Waals surface area contributed by atoms with E-state index in [1.165, 1.54) is 14.0 Å². The Bertz CT molecular complexity index is 619. The number of hydrogen-bond acceptors (Lipinski definition) is 11. The van der Waals surface area contributed by atoms with Crippen molar-refractivity contribution in [2.45, 2.75) is 74.9 Å². The summed E-state index contributed by atoms with van der Waals surface area (Å²) < 4.78 is 9.53. The van der Waals surface area contributed by atoms with Crippen LogP contribution in [0.3, 0.4) is 0 Å². The highest BCUT2D eigenvalue weighted by Crippen LogP contribution is 2.30. The van der Waals surface area contributed by atoms with Crippen LogP contribution in [0, 0.1) is 0 Å². The van der Waals surface area contributed by atoms with Crippen molar-refractivity contribution in [3.8, 4) is 0 Å². The van der Waals surface area contributed by atoms with Gasteiger partial charge in [-0.2, -0.15) is 0 Å². The van der Waals surface area contributed by atoms with Gasteiger partial charge in [-0.05, 0) is 26.2 Å². The Morgan fingerprint density at radius 3 is 2.42 bits per heavy atom. The van der Waals surface area contributed by atoms with Gasteiger partial charge in [0.2, 0.25) is 17.6 Å². The van der Waals surface area contributed by atoms with Crippen molar-refractivity contribution in [1.29, 1.82) is 0 Å². The minimum atomic E-state index is -2.48. The lowest BCUT2D eigenvalue weighted by Gasteiger charge is -2.45. The molecule has 13 heteroatoms. The van der Waals surface area contributed by atoms with Crippen molar-refractivity contribution in [2.24, 2.45) is 5.73 Å². The molecule has 0 aromatic rings. The number of methoxy groups -OCH3 is 1. The van der Waals surface area contributed by atoms with Gasteiger partial charge in [-0.25, -0.2) is 4.79 Å². The van der Waals surface area contributed by atoms with Crippen LogP contribution in [-0.2, 0) is 23.9 Å². The fraction of sp³-hybridized carbons (Fsp3) is 0.833. The standard InChI is InChI=1S/C18H33N3O10/c1-9(17(28)30-2)21-16(27)10(19)5-3-4-6-20-12(23)7-18(29)15(26)14(25)13(24)11(8-22)31-18/h9-11,13-15,22,24-26,29H,3-8,19H2,1-2H3,(H,20,23)(H,21,27)/t9-,10-,11?,13-,14-,15+,18-/m0/s1. The number of hydrogen-bond donors (Lipinski definition) is 8. The number of rotatable bonds is 11. The quantitative estimate of drug-likeness (QED) is 0.111. The second-order valence-electron chi connectivity index (χ2n) is 7.49. The van der Waals surface area contributed by atoms with E-state index in [0.717, 1.165) is 0 Å². The molecule has 0 bridgehead atoms. The summed E-state index contributed by atoms with van der Waals surface area (Å²) >= 11 is 0. The monoisotopic (exact) mass is 451 g/mol. The van der Waals surface area contributed by atoms with Crippen LogP contribution in [-0.4, -0.2) is 106 Å². The van der Waals surface area contributed by atoms with E-state index in [2.05, 4.69) is 15.4 Å². The van der Waals surface area contributed by atoms with Crippen molar-refractivity contribution in [3.63, 3.8) is 0 Å². The third-order valence-corrected chi connectivity index (χ3v) is 4.98. The molecule has 31 heavy (non-hydrogen) atoms. The lowest BCUT2D eigenvalue weighted by Crippen LogP contribution is -2.66. The van der Waals surface area contributed by atoms with E-state index in [1.807, 2.05) is 0 Å². The number of amides is 2. The van der Waals surface area contributed by atoms with Crippen LogP contribution < -0.4 is 16.4 Å². The van der Waals surface area contributed by atoms with Gasteiger partial charge in [0.05, 0.1) is 26.2 Å². The van der Waals surface area contributed by atoms with Gasteiger partial charge < -0.3 is 51.4 Å². The number of ether oxygens (including phenoxy) is 2. The highest BCUT2D eigenvalue weighted by molar-refractivity contribution is 5.87. The average molecular weight is 451 g/mol. The smallest absolute Gasteiger partial charge is 0.328 e. The predicted molar refractivity (Wildman–Crippen MR) is 104 cm³/mol. The first-order valence-electron chi connectivity index (χ1n) is 9.92. The molecule has 180 valence electrons. The van der Waals surface area contributed by atoms with Gasteiger partial charge in [-0.3, -0.25) is 9.59 Å². The molecule has 2 amide bonds. The topological polar surface area (TPSA) is 221 Å². The molecule has 1 saturated heterocycles. The van der Waals surface area contributed by atoms with Crippen molar-refractivity contribution >= 4 is 17.8 Å². The van der Waals surface area contributed by atoms with Crippen LogP contribution in [0.5, 0.6) is 0 Å². The van der Waals surface area contributed by atoms with Crippen molar-refractivity contribution < 1.29 is 49.4 Å². The first-order chi connectivity index (χ1) is 14.5. The van der Waals surface area contributed by atoms with Crippen LogP contribution in [0.4, 0.5) is 0 Å². The van der Waals surface area contributed by atoms with Gasteiger partial charge in [0.1, 0.15) is 30.5 Å². The molecule has 0 aliphatic carbocycles. The molecular weight excluding hydrogens is 418 g/mol. The van der Waals surface area contributed by atoms with E-state index in [0.29, 0.717) is 19.3 Å². The minimum Gasteiger partial charge on any atom is -0.467 e. The summed E-state index contributed by atoms with van der Waals surface area (Å²) in [7, 11) is 1.20. The van der Waals surface area contributed by atoms with E-state index >= 15 is 0 Å². The van der Waals surface area contributed by atoms with Gasteiger partial charge in [-0.1, -0.05) is 0 Å². The number of aliphatic hydroxyl groups excluding tert-OH is 4. The SMILES string of the molecule is COC(=O)[C@H](C)NC(=O)[C@@H](N)CCCCNC(=O)C[C@]1(O)OC(CO)[C@H](O)[C@H](O)[C@H]1O. The number of carbonyl (C=O) groups is 3. The van der Waals surface area contributed by atoms with Crippen LogP contribution in [0.25, 0.3) is 0 Å². The van der Waals surface area contributed by atoms with E-state index < -0.39 is 73.1 Å². The normalized spacial score (nSPS) is 30.2. The van der Waals surface area contributed by atoms with Crippen molar-refractivity contribution in [2.75, 3.05) is 20.3 Å². The lowest BCUT2D eigenvalue weighted by atomic mass is 9.90. The summed E-state index contributed by atoms with van der Waals surface area (Å²) in [5.41, 5.74) is 5.76. The van der Waals surface area contributed by atoms with E-state index in [-0.39, 0.29) is 6.54 Å². The van der Waals surface area contributed by atoms with Gasteiger partial charge in [-0.15, -0.1) is 0 Å². The summed E-state index contributed by atoms with van der Waals surface area (Å²) in [5.74, 6) is -4.28. The Hall–Kier alpha value is -1.87. The molecule has 1 rings (SSSR count). The van der Waals surface area contributed by atoms with Crippen LogP contribution in [0.1, 0.15) is 32.6 Å². The second-order valence-corrected chi connectivity index (χ2v) is 7.49. The molecule has 13 nitrogen and oxygen atoms in total. The molecule has 0 aromatic carbocycles. The third kappa shape index (κ3) is 7.64. The first kappa shape index (κ1) is 27.2. The highest BCUT2D eigenvalue weighted by Gasteiger charge is 2.53. The number of nitrogens with one attached hydrogen (secondary N) is 2. The number of carbonyl (C=O) groups excluding carboxylic acids is 3. The van der Waals surface area contributed by atoms with Crippen LogP contribution in [0.2, 0.25) is 0 Å². The Kier molecular flexibility index (Phi) is 10.7. The van der Waals surface area contributed by atoms with Crippen molar-refractivity contribution in [3.05, 3.63) is 0 Å². The molecule has 1 aliphatic rings. The average Bonchev–Trinajstić information content (AvgIpc) is 2.73. The van der Waals surface area contributed by atoms with E-state index in [1.54, 1.807) is 0 Å². The van der Waals surface area contributed by atoms with Crippen LogP contribution in [0.15, 0.2) is 0 Å². The highest BCUT2D eigenvalue weighted by atomic mass is 16.7. The Labute approximate surface area is 179 Å². The maximum Gasteiger partial charge on any atom is 0.328 e. The van der Waals surface area contributed by atoms with Gasteiger partial charge >= 0.3 is 5.97 Å². The molecule has 0 spiro atoms. The molecule has 0 radical (unpaired) electrons. The van der Waals surface area contributed by atoms with Crippen LogP contribution >= 0.6 is 0 Å². The Morgan fingerprint density at radius 1 is 1.19 bits per heavy atom. The summed E-state index contributed by atoms with van der Waals surface area (Å²) in [6, 6.07) is -1.67. The molecular formula is C18H33N3O10. The number of esters is 1.